The largest absolute Gasteiger partial charge is 0.477 e. The molecule has 3 rings (SSSR count). The first-order valence-electron chi connectivity index (χ1n) is 9.60. The predicted molar refractivity (Wildman–Crippen MR) is 108 cm³/mol. The molecule has 29 heavy (non-hydrogen) atoms. The molecule has 0 saturated heterocycles. The average molecular weight is 397 g/mol. The normalized spacial score (nSPS) is 14.1. The molecule has 1 aliphatic rings. The molecule has 0 unspecified atom stereocenters. The van der Waals surface area contributed by atoms with Crippen molar-refractivity contribution in [2.24, 2.45) is 0 Å². The van der Waals surface area contributed by atoms with Gasteiger partial charge in [-0.15, -0.1) is 0 Å². The lowest BCUT2D eigenvalue weighted by molar-refractivity contribution is -0.385. The number of carbonyl (C=O) groups excluding carboxylic acids is 2. The highest BCUT2D eigenvalue weighted by atomic mass is 16.6. The second kappa shape index (κ2) is 9.68. The maximum absolute atomic E-state index is 12.3. The van der Waals surface area contributed by atoms with Gasteiger partial charge in [-0.3, -0.25) is 19.7 Å². The number of rotatable bonds is 7. The summed E-state index contributed by atoms with van der Waals surface area (Å²) in [5.41, 5.74) is 0.841. The zero-order valence-electron chi connectivity index (χ0n) is 15.9. The number of carbonyl (C=O) groups is 2. The number of hydrogen-bond acceptors (Lipinski definition) is 5. The van der Waals surface area contributed by atoms with Gasteiger partial charge in [-0.05, 0) is 43.2 Å². The predicted octanol–water partition coefficient (Wildman–Crippen LogP) is 3.67. The molecule has 2 N–H and O–H groups in total. The van der Waals surface area contributed by atoms with E-state index in [0.717, 1.165) is 25.7 Å². The van der Waals surface area contributed by atoms with Gasteiger partial charge in [0.05, 0.1) is 4.92 Å². The molecule has 0 atom stereocenters. The zero-order valence-corrected chi connectivity index (χ0v) is 15.9. The first-order chi connectivity index (χ1) is 14.0. The van der Waals surface area contributed by atoms with Crippen molar-refractivity contribution in [2.45, 2.75) is 38.1 Å². The highest BCUT2D eigenvalue weighted by Crippen LogP contribution is 2.25. The Labute approximate surface area is 168 Å². The van der Waals surface area contributed by atoms with Crippen LogP contribution < -0.4 is 15.4 Å². The van der Waals surface area contributed by atoms with Crippen LogP contribution in [0, 0.1) is 10.1 Å². The number of nitrogens with one attached hydrogen (secondary N) is 2. The van der Waals surface area contributed by atoms with E-state index in [2.05, 4.69) is 10.6 Å². The molecule has 2 amide bonds. The molecule has 0 aliphatic heterocycles. The first-order valence-corrected chi connectivity index (χ1v) is 9.60. The standard InChI is InChI=1S/C21H23N3O5/c25-20(14-29-19-9-5-4-8-18(19)24(27)28)22-17-12-10-15(11-13-17)21(26)23-16-6-2-1-3-7-16/h4-5,8-13,16H,1-3,6-7,14H2,(H,22,25)(H,23,26). The van der Waals surface area contributed by atoms with E-state index in [-0.39, 0.29) is 30.0 Å². The van der Waals surface area contributed by atoms with E-state index in [0.29, 0.717) is 11.3 Å². The van der Waals surface area contributed by atoms with Gasteiger partial charge in [0.15, 0.2) is 12.4 Å². The van der Waals surface area contributed by atoms with Crippen molar-refractivity contribution in [2.75, 3.05) is 11.9 Å². The number of nitrogens with zero attached hydrogens (tertiary/aromatic N) is 1. The summed E-state index contributed by atoms with van der Waals surface area (Å²) in [5, 5.41) is 16.7. The molecule has 2 aromatic rings. The number of para-hydroxylation sites is 2. The van der Waals surface area contributed by atoms with Crippen molar-refractivity contribution in [3.05, 3.63) is 64.2 Å². The van der Waals surface area contributed by atoms with Crippen molar-refractivity contribution in [3.8, 4) is 5.75 Å². The lowest BCUT2D eigenvalue weighted by Gasteiger charge is -2.22. The third-order valence-electron chi connectivity index (χ3n) is 4.79. The second-order valence-electron chi connectivity index (χ2n) is 6.95. The molecule has 1 aliphatic carbocycles. The van der Waals surface area contributed by atoms with Gasteiger partial charge in [-0.1, -0.05) is 31.4 Å². The van der Waals surface area contributed by atoms with Gasteiger partial charge in [0, 0.05) is 23.4 Å². The van der Waals surface area contributed by atoms with Crippen LogP contribution in [-0.2, 0) is 4.79 Å². The molecular weight excluding hydrogens is 374 g/mol. The lowest BCUT2D eigenvalue weighted by Crippen LogP contribution is -2.36. The van der Waals surface area contributed by atoms with Crippen molar-refractivity contribution in [3.63, 3.8) is 0 Å². The zero-order chi connectivity index (χ0) is 20.6. The van der Waals surface area contributed by atoms with E-state index in [1.807, 2.05) is 0 Å². The summed E-state index contributed by atoms with van der Waals surface area (Å²) in [5.74, 6) is -0.542. The van der Waals surface area contributed by atoms with E-state index in [9.17, 15) is 19.7 Å². The van der Waals surface area contributed by atoms with Crippen LogP contribution in [0.2, 0.25) is 0 Å². The highest BCUT2D eigenvalue weighted by molar-refractivity contribution is 5.96. The van der Waals surface area contributed by atoms with Crippen LogP contribution in [0.4, 0.5) is 11.4 Å². The van der Waals surface area contributed by atoms with E-state index in [1.165, 1.54) is 24.6 Å². The summed E-state index contributed by atoms with van der Waals surface area (Å²) < 4.78 is 5.26. The Morgan fingerprint density at radius 2 is 1.72 bits per heavy atom. The topological polar surface area (TPSA) is 111 Å². The number of amides is 2. The number of benzene rings is 2. The van der Waals surface area contributed by atoms with E-state index >= 15 is 0 Å². The molecule has 0 spiro atoms. The minimum atomic E-state index is -0.565. The SMILES string of the molecule is O=C(COc1ccccc1[N+](=O)[O-])Nc1ccc(C(=O)NC2CCCCC2)cc1. The van der Waals surface area contributed by atoms with Crippen LogP contribution in [0.1, 0.15) is 42.5 Å². The summed E-state index contributed by atoms with van der Waals surface area (Å²) in [7, 11) is 0. The summed E-state index contributed by atoms with van der Waals surface area (Å²) in [6.07, 6.45) is 5.54. The van der Waals surface area contributed by atoms with Gasteiger partial charge >= 0.3 is 5.69 Å². The van der Waals surface area contributed by atoms with Gasteiger partial charge in [-0.25, -0.2) is 0 Å². The fraction of sp³-hybridized carbons (Fsp3) is 0.333. The van der Waals surface area contributed by atoms with Crippen LogP contribution in [0.25, 0.3) is 0 Å². The molecule has 1 saturated carbocycles. The summed E-state index contributed by atoms with van der Waals surface area (Å²) in [6.45, 7) is -0.366. The monoisotopic (exact) mass is 397 g/mol. The molecule has 1 fully saturated rings. The van der Waals surface area contributed by atoms with E-state index < -0.39 is 10.8 Å². The van der Waals surface area contributed by atoms with Gasteiger partial charge in [0.25, 0.3) is 11.8 Å². The number of nitro groups is 1. The van der Waals surface area contributed by atoms with Crippen LogP contribution in [0.5, 0.6) is 5.75 Å². The van der Waals surface area contributed by atoms with Gasteiger partial charge in [-0.2, -0.15) is 0 Å². The molecule has 0 radical (unpaired) electrons. The van der Waals surface area contributed by atoms with Crippen LogP contribution >= 0.6 is 0 Å². The molecular formula is C21H23N3O5. The van der Waals surface area contributed by atoms with Gasteiger partial charge in [0.1, 0.15) is 0 Å². The minimum absolute atomic E-state index is 0.0300. The van der Waals surface area contributed by atoms with Crippen molar-refractivity contribution < 1.29 is 19.2 Å². The number of ether oxygens (including phenoxy) is 1. The first kappa shape index (κ1) is 20.3. The van der Waals surface area contributed by atoms with Crippen molar-refractivity contribution in [1.82, 2.24) is 5.32 Å². The van der Waals surface area contributed by atoms with Crippen molar-refractivity contribution in [1.29, 1.82) is 0 Å². The molecule has 0 heterocycles. The average Bonchev–Trinajstić information content (AvgIpc) is 2.73. The highest BCUT2D eigenvalue weighted by Gasteiger charge is 2.17. The van der Waals surface area contributed by atoms with E-state index in [4.69, 9.17) is 4.74 Å². The van der Waals surface area contributed by atoms with Gasteiger partial charge < -0.3 is 15.4 Å². The number of anilines is 1. The maximum atomic E-state index is 12.3. The molecule has 152 valence electrons. The third-order valence-corrected chi connectivity index (χ3v) is 4.79. The Morgan fingerprint density at radius 1 is 1.03 bits per heavy atom. The number of nitro benzene ring substituents is 1. The Bertz CT molecular complexity index is 876. The summed E-state index contributed by atoms with van der Waals surface area (Å²) >= 11 is 0. The summed E-state index contributed by atoms with van der Waals surface area (Å²) in [6, 6.07) is 12.7. The quantitative estimate of drug-likeness (QED) is 0.547. The Hall–Kier alpha value is -3.42. The fourth-order valence-corrected chi connectivity index (χ4v) is 3.29. The second-order valence-corrected chi connectivity index (χ2v) is 6.95. The summed E-state index contributed by atoms with van der Waals surface area (Å²) in [4.78, 5) is 34.8. The van der Waals surface area contributed by atoms with Crippen molar-refractivity contribution >= 4 is 23.2 Å². The van der Waals surface area contributed by atoms with Crippen LogP contribution in [0.15, 0.2) is 48.5 Å². The molecule has 8 nitrogen and oxygen atoms in total. The lowest BCUT2D eigenvalue weighted by atomic mass is 9.95. The smallest absolute Gasteiger partial charge is 0.310 e. The molecule has 0 aromatic heterocycles. The van der Waals surface area contributed by atoms with Crippen LogP contribution in [-0.4, -0.2) is 29.4 Å². The molecule has 2 aromatic carbocycles. The van der Waals surface area contributed by atoms with E-state index in [1.54, 1.807) is 30.3 Å². The fourth-order valence-electron chi connectivity index (χ4n) is 3.29. The third kappa shape index (κ3) is 5.78. The number of hydrogen-bond donors (Lipinski definition) is 2. The minimum Gasteiger partial charge on any atom is -0.477 e. The van der Waals surface area contributed by atoms with Gasteiger partial charge in [0.2, 0.25) is 0 Å². The maximum Gasteiger partial charge on any atom is 0.310 e. The Balaban J connectivity index is 1.51. The molecule has 0 bridgehead atoms. The molecule has 8 heteroatoms. The Morgan fingerprint density at radius 3 is 2.41 bits per heavy atom. The van der Waals surface area contributed by atoms with Crippen LogP contribution in [0.3, 0.4) is 0 Å². The Kier molecular flexibility index (Phi) is 6.78.